The highest BCUT2D eigenvalue weighted by atomic mass is 16.5. The van der Waals surface area contributed by atoms with Gasteiger partial charge in [-0.25, -0.2) is 4.79 Å². The van der Waals surface area contributed by atoms with Gasteiger partial charge in [-0.2, -0.15) is 0 Å². The first-order valence-corrected chi connectivity index (χ1v) is 9.22. The summed E-state index contributed by atoms with van der Waals surface area (Å²) < 4.78 is 21.1. The molecule has 1 amide bonds. The molecule has 0 bridgehead atoms. The van der Waals surface area contributed by atoms with Gasteiger partial charge in [0.2, 0.25) is 5.75 Å². The Morgan fingerprint density at radius 2 is 1.55 bits per heavy atom. The van der Waals surface area contributed by atoms with E-state index in [2.05, 4.69) is 0 Å². The standard InChI is InChI=1S/C22H27NO6/c1-15(2)23(13-16-9-7-6-8-10-16)19(24)14-29-22(25)17-11-12-18(26-3)21(28-5)20(17)27-4/h6-12,15H,13-14H2,1-5H3. The smallest absolute Gasteiger partial charge is 0.342 e. The predicted molar refractivity (Wildman–Crippen MR) is 109 cm³/mol. The van der Waals surface area contributed by atoms with Crippen molar-refractivity contribution in [3.05, 3.63) is 53.6 Å². The number of esters is 1. The van der Waals surface area contributed by atoms with Crippen molar-refractivity contribution < 1.29 is 28.5 Å². The lowest BCUT2D eigenvalue weighted by atomic mass is 10.1. The zero-order valence-corrected chi connectivity index (χ0v) is 17.4. The highest BCUT2D eigenvalue weighted by Crippen LogP contribution is 2.39. The van der Waals surface area contributed by atoms with Gasteiger partial charge in [-0.1, -0.05) is 30.3 Å². The van der Waals surface area contributed by atoms with Gasteiger partial charge in [0.15, 0.2) is 18.1 Å². The van der Waals surface area contributed by atoms with Crippen LogP contribution in [0.2, 0.25) is 0 Å². The normalized spacial score (nSPS) is 10.4. The monoisotopic (exact) mass is 401 g/mol. The summed E-state index contributed by atoms with van der Waals surface area (Å²) in [5, 5.41) is 0. The van der Waals surface area contributed by atoms with E-state index in [1.165, 1.54) is 27.4 Å². The van der Waals surface area contributed by atoms with Crippen LogP contribution in [-0.4, -0.2) is 50.8 Å². The topological polar surface area (TPSA) is 74.3 Å². The minimum absolute atomic E-state index is 0.0444. The second-order valence-electron chi connectivity index (χ2n) is 6.56. The van der Waals surface area contributed by atoms with Crippen LogP contribution in [0, 0.1) is 0 Å². The van der Waals surface area contributed by atoms with E-state index in [1.807, 2.05) is 44.2 Å². The van der Waals surface area contributed by atoms with Crippen molar-refractivity contribution in [2.45, 2.75) is 26.4 Å². The van der Waals surface area contributed by atoms with E-state index in [4.69, 9.17) is 18.9 Å². The first kappa shape index (κ1) is 22.1. The summed E-state index contributed by atoms with van der Waals surface area (Å²) >= 11 is 0. The molecule has 0 aromatic heterocycles. The largest absolute Gasteiger partial charge is 0.493 e. The number of carbonyl (C=O) groups excluding carboxylic acids is 2. The average molecular weight is 401 g/mol. The molecule has 2 rings (SSSR count). The number of hydrogen-bond donors (Lipinski definition) is 0. The Morgan fingerprint density at radius 1 is 0.897 bits per heavy atom. The van der Waals surface area contributed by atoms with Crippen molar-refractivity contribution in [1.29, 1.82) is 0 Å². The average Bonchev–Trinajstić information content (AvgIpc) is 2.74. The van der Waals surface area contributed by atoms with Gasteiger partial charge in [-0.15, -0.1) is 0 Å². The fourth-order valence-electron chi connectivity index (χ4n) is 2.89. The van der Waals surface area contributed by atoms with Crippen LogP contribution in [0.25, 0.3) is 0 Å². The Bertz CT molecular complexity index is 835. The van der Waals surface area contributed by atoms with Crippen LogP contribution in [0.3, 0.4) is 0 Å². The molecule has 0 aliphatic carbocycles. The molecule has 7 nitrogen and oxygen atoms in total. The number of benzene rings is 2. The van der Waals surface area contributed by atoms with Gasteiger partial charge in [-0.3, -0.25) is 4.79 Å². The molecule has 0 atom stereocenters. The van der Waals surface area contributed by atoms with Crippen molar-refractivity contribution in [1.82, 2.24) is 4.90 Å². The van der Waals surface area contributed by atoms with E-state index in [0.717, 1.165) is 5.56 Å². The van der Waals surface area contributed by atoms with Gasteiger partial charge in [0, 0.05) is 12.6 Å². The molecule has 0 radical (unpaired) electrons. The Labute approximate surface area is 171 Å². The summed E-state index contributed by atoms with van der Waals surface area (Å²) in [5.74, 6) is -0.0694. The van der Waals surface area contributed by atoms with E-state index in [0.29, 0.717) is 12.3 Å². The number of methoxy groups -OCH3 is 3. The van der Waals surface area contributed by atoms with Crippen molar-refractivity contribution >= 4 is 11.9 Å². The van der Waals surface area contributed by atoms with Crippen LogP contribution < -0.4 is 14.2 Å². The van der Waals surface area contributed by atoms with E-state index >= 15 is 0 Å². The van der Waals surface area contributed by atoms with E-state index in [1.54, 1.807) is 11.0 Å². The number of carbonyl (C=O) groups is 2. The molecule has 156 valence electrons. The Hall–Kier alpha value is -3.22. The third kappa shape index (κ3) is 5.40. The molecule has 0 saturated carbocycles. The molecule has 0 N–H and O–H groups in total. The molecule has 29 heavy (non-hydrogen) atoms. The second kappa shape index (κ2) is 10.4. The van der Waals surface area contributed by atoms with Crippen LogP contribution in [0.15, 0.2) is 42.5 Å². The third-order valence-corrected chi connectivity index (χ3v) is 4.39. The zero-order chi connectivity index (χ0) is 21.4. The van der Waals surface area contributed by atoms with Gasteiger partial charge in [0.05, 0.1) is 21.3 Å². The molecule has 0 spiro atoms. The van der Waals surface area contributed by atoms with Crippen LogP contribution in [0.5, 0.6) is 17.2 Å². The number of ether oxygens (including phenoxy) is 4. The molecule has 0 saturated heterocycles. The minimum atomic E-state index is -0.681. The molecule has 0 fully saturated rings. The first-order chi connectivity index (χ1) is 13.9. The molecule has 0 aliphatic rings. The van der Waals surface area contributed by atoms with Crippen molar-refractivity contribution in [2.24, 2.45) is 0 Å². The van der Waals surface area contributed by atoms with Gasteiger partial charge in [0.1, 0.15) is 5.56 Å². The SMILES string of the molecule is COc1ccc(C(=O)OCC(=O)N(Cc2ccccc2)C(C)C)c(OC)c1OC. The van der Waals surface area contributed by atoms with Crippen molar-refractivity contribution in [3.63, 3.8) is 0 Å². The lowest BCUT2D eigenvalue weighted by Gasteiger charge is -2.26. The molecule has 0 aliphatic heterocycles. The third-order valence-electron chi connectivity index (χ3n) is 4.39. The Balaban J connectivity index is 2.11. The number of amides is 1. The van der Waals surface area contributed by atoms with E-state index < -0.39 is 5.97 Å². The van der Waals surface area contributed by atoms with Crippen molar-refractivity contribution in [3.8, 4) is 17.2 Å². The fraction of sp³-hybridized carbons (Fsp3) is 0.364. The molecule has 7 heteroatoms. The highest BCUT2D eigenvalue weighted by molar-refractivity contribution is 5.95. The quantitative estimate of drug-likeness (QED) is 0.600. The molecule has 0 unspecified atom stereocenters. The Kier molecular flexibility index (Phi) is 7.88. The van der Waals surface area contributed by atoms with Crippen LogP contribution >= 0.6 is 0 Å². The summed E-state index contributed by atoms with van der Waals surface area (Å²) in [6.07, 6.45) is 0. The summed E-state index contributed by atoms with van der Waals surface area (Å²) in [5.41, 5.74) is 1.15. The van der Waals surface area contributed by atoms with Crippen LogP contribution in [0.4, 0.5) is 0 Å². The van der Waals surface area contributed by atoms with Gasteiger partial charge in [-0.05, 0) is 31.5 Å². The van der Waals surface area contributed by atoms with Gasteiger partial charge >= 0.3 is 5.97 Å². The summed E-state index contributed by atoms with van der Waals surface area (Å²) in [6.45, 7) is 3.90. The van der Waals surface area contributed by atoms with Crippen LogP contribution in [0.1, 0.15) is 29.8 Å². The van der Waals surface area contributed by atoms with E-state index in [-0.39, 0.29) is 35.6 Å². The van der Waals surface area contributed by atoms with Crippen molar-refractivity contribution in [2.75, 3.05) is 27.9 Å². The molecule has 2 aromatic rings. The van der Waals surface area contributed by atoms with Crippen LogP contribution in [-0.2, 0) is 16.1 Å². The number of hydrogen-bond acceptors (Lipinski definition) is 6. The maximum absolute atomic E-state index is 12.7. The summed E-state index contributed by atoms with van der Waals surface area (Å²) in [6, 6.07) is 12.7. The molecular weight excluding hydrogens is 374 g/mol. The lowest BCUT2D eigenvalue weighted by molar-refractivity contribution is -0.136. The molecule has 2 aromatic carbocycles. The second-order valence-corrected chi connectivity index (χ2v) is 6.56. The number of nitrogens with zero attached hydrogens (tertiary/aromatic N) is 1. The maximum Gasteiger partial charge on any atom is 0.342 e. The Morgan fingerprint density at radius 3 is 2.10 bits per heavy atom. The lowest BCUT2D eigenvalue weighted by Crippen LogP contribution is -2.39. The predicted octanol–water partition coefficient (Wildman–Crippen LogP) is 3.31. The fourth-order valence-corrected chi connectivity index (χ4v) is 2.89. The first-order valence-electron chi connectivity index (χ1n) is 9.22. The van der Waals surface area contributed by atoms with Gasteiger partial charge in [0.25, 0.3) is 5.91 Å². The molecule has 0 heterocycles. The zero-order valence-electron chi connectivity index (χ0n) is 17.4. The van der Waals surface area contributed by atoms with E-state index in [9.17, 15) is 9.59 Å². The highest BCUT2D eigenvalue weighted by Gasteiger charge is 2.24. The minimum Gasteiger partial charge on any atom is -0.493 e. The number of rotatable bonds is 9. The summed E-state index contributed by atoms with van der Waals surface area (Å²) in [7, 11) is 4.35. The van der Waals surface area contributed by atoms with Gasteiger partial charge < -0.3 is 23.8 Å². The summed E-state index contributed by atoms with van der Waals surface area (Å²) in [4.78, 5) is 26.9. The molecular formula is C22H27NO6. The maximum atomic E-state index is 12.7.